The summed E-state index contributed by atoms with van der Waals surface area (Å²) < 4.78 is 11.7. The lowest BCUT2D eigenvalue weighted by Gasteiger charge is -2.27. The minimum Gasteiger partial charge on any atom is -0.481 e. The first-order valence-electron chi connectivity index (χ1n) is 10.5. The molecule has 3 fully saturated rings. The molecular weight excluding hydrogens is 332 g/mol. The number of carboxylic acids is 1. The van der Waals surface area contributed by atoms with Crippen molar-refractivity contribution in [2.24, 2.45) is 17.8 Å². The van der Waals surface area contributed by atoms with Crippen LogP contribution in [-0.4, -0.2) is 47.7 Å². The van der Waals surface area contributed by atoms with Crippen LogP contribution in [0, 0.1) is 17.8 Å². The summed E-state index contributed by atoms with van der Waals surface area (Å²) >= 11 is 0. The molecule has 1 aliphatic carbocycles. The lowest BCUT2D eigenvalue weighted by Crippen LogP contribution is -2.28. The van der Waals surface area contributed by atoms with Crippen molar-refractivity contribution in [3.05, 3.63) is 12.2 Å². The van der Waals surface area contributed by atoms with Crippen molar-refractivity contribution in [2.45, 2.75) is 82.5 Å². The van der Waals surface area contributed by atoms with Crippen LogP contribution >= 0.6 is 0 Å². The zero-order valence-electron chi connectivity index (χ0n) is 15.7. The number of rotatable bonds is 10. The molecule has 3 rings (SSSR count). The smallest absolute Gasteiger partial charge is 0.303 e. The van der Waals surface area contributed by atoms with Gasteiger partial charge in [0.05, 0.1) is 18.3 Å². The highest BCUT2D eigenvalue weighted by atomic mass is 16.5. The Morgan fingerprint density at radius 3 is 2.65 bits per heavy atom. The molecule has 0 amide bonds. The van der Waals surface area contributed by atoms with E-state index in [1.165, 1.54) is 19.3 Å². The minimum absolute atomic E-state index is 0.168. The van der Waals surface area contributed by atoms with Crippen LogP contribution < -0.4 is 0 Å². The van der Waals surface area contributed by atoms with Crippen molar-refractivity contribution in [3.8, 4) is 0 Å². The van der Waals surface area contributed by atoms with E-state index in [2.05, 4.69) is 6.08 Å². The Hall–Kier alpha value is -0.910. The number of carbonyl (C=O) groups is 1. The summed E-state index contributed by atoms with van der Waals surface area (Å²) in [5.74, 6) is 0.505. The van der Waals surface area contributed by atoms with Crippen molar-refractivity contribution in [1.82, 2.24) is 0 Å². The summed E-state index contributed by atoms with van der Waals surface area (Å²) in [5, 5.41) is 19.2. The first kappa shape index (κ1) is 19.8. The third kappa shape index (κ3) is 5.30. The topological polar surface area (TPSA) is 76.0 Å². The number of hydrogen-bond acceptors (Lipinski definition) is 4. The van der Waals surface area contributed by atoms with Crippen molar-refractivity contribution >= 4 is 5.97 Å². The highest BCUT2D eigenvalue weighted by Crippen LogP contribution is 2.45. The Balaban J connectivity index is 1.44. The van der Waals surface area contributed by atoms with Crippen molar-refractivity contribution in [1.29, 1.82) is 0 Å². The Labute approximate surface area is 156 Å². The molecule has 0 radical (unpaired) electrons. The fourth-order valence-corrected chi connectivity index (χ4v) is 4.98. The van der Waals surface area contributed by atoms with Crippen LogP contribution in [0.15, 0.2) is 12.2 Å². The van der Waals surface area contributed by atoms with Gasteiger partial charge in [-0.15, -0.1) is 0 Å². The largest absolute Gasteiger partial charge is 0.481 e. The first-order valence-corrected chi connectivity index (χ1v) is 10.5. The van der Waals surface area contributed by atoms with Crippen LogP contribution in [0.25, 0.3) is 0 Å². The molecule has 1 saturated carbocycles. The van der Waals surface area contributed by atoms with Gasteiger partial charge in [-0.25, -0.2) is 0 Å². The molecule has 2 heterocycles. The fourth-order valence-electron chi connectivity index (χ4n) is 4.98. The average molecular weight is 366 g/mol. The van der Waals surface area contributed by atoms with E-state index in [1.807, 2.05) is 6.08 Å². The third-order valence-corrected chi connectivity index (χ3v) is 6.42. The van der Waals surface area contributed by atoms with E-state index in [-0.39, 0.29) is 12.5 Å². The summed E-state index contributed by atoms with van der Waals surface area (Å²) in [5.41, 5.74) is 0. The third-order valence-electron chi connectivity index (χ3n) is 6.42. The van der Waals surface area contributed by atoms with E-state index >= 15 is 0 Å². The van der Waals surface area contributed by atoms with Crippen molar-refractivity contribution < 1.29 is 24.5 Å². The molecule has 5 nitrogen and oxygen atoms in total. The first-order chi connectivity index (χ1) is 12.6. The molecule has 2 saturated heterocycles. The normalized spacial score (nSPS) is 33.1. The van der Waals surface area contributed by atoms with Gasteiger partial charge in [-0.1, -0.05) is 31.4 Å². The Morgan fingerprint density at radius 2 is 1.88 bits per heavy atom. The summed E-state index contributed by atoms with van der Waals surface area (Å²) in [7, 11) is 0. The number of carboxylic acid groups (broad SMARTS) is 1. The number of hydrogen-bond donors (Lipinski definition) is 2. The number of aliphatic carboxylic acids is 1. The maximum atomic E-state index is 10.5. The van der Waals surface area contributed by atoms with Gasteiger partial charge in [0, 0.05) is 25.6 Å². The number of aliphatic hydroxyl groups excluding tert-OH is 1. The molecule has 0 aromatic heterocycles. The molecule has 2 N–H and O–H groups in total. The van der Waals surface area contributed by atoms with Crippen LogP contribution in [0.4, 0.5) is 0 Å². The Morgan fingerprint density at radius 1 is 1.12 bits per heavy atom. The molecule has 3 aliphatic rings. The quantitative estimate of drug-likeness (QED) is 0.457. The highest BCUT2D eigenvalue weighted by Gasteiger charge is 2.47. The zero-order valence-corrected chi connectivity index (χ0v) is 15.7. The molecule has 0 aromatic carbocycles. The standard InChI is InChI=1S/C21H34O5/c22-18(15-5-2-1-3-6-15)9-8-16-17(20-11-10-19(16)26-20)12-14-25-13-4-7-21(23)24/h8-9,15-20,22H,1-7,10-14H2,(H,23,24)/t16-,17+,18?,19-,20+/m0/s1. The van der Waals surface area contributed by atoms with E-state index in [4.69, 9.17) is 14.6 Å². The molecule has 5 atom stereocenters. The van der Waals surface area contributed by atoms with Crippen LogP contribution in [0.1, 0.15) is 64.2 Å². The van der Waals surface area contributed by atoms with E-state index in [0.717, 1.165) is 32.1 Å². The predicted molar refractivity (Wildman–Crippen MR) is 98.9 cm³/mol. The van der Waals surface area contributed by atoms with E-state index in [1.54, 1.807) is 0 Å². The summed E-state index contributed by atoms with van der Waals surface area (Å²) in [6, 6.07) is 0. The van der Waals surface area contributed by atoms with Crippen molar-refractivity contribution in [2.75, 3.05) is 13.2 Å². The van der Waals surface area contributed by atoms with Gasteiger partial charge in [-0.2, -0.15) is 0 Å². The number of fused-ring (bicyclic) bond motifs is 2. The van der Waals surface area contributed by atoms with Crippen LogP contribution in [0.5, 0.6) is 0 Å². The average Bonchev–Trinajstić information content (AvgIpc) is 3.24. The maximum absolute atomic E-state index is 10.5. The zero-order chi connectivity index (χ0) is 18.4. The molecular formula is C21H34O5. The van der Waals surface area contributed by atoms with Gasteiger partial charge in [0.1, 0.15) is 0 Å². The molecule has 2 bridgehead atoms. The second-order valence-electron chi connectivity index (χ2n) is 8.20. The summed E-state index contributed by atoms with van der Waals surface area (Å²) in [6.45, 7) is 1.17. The van der Waals surface area contributed by atoms with Gasteiger partial charge in [-0.05, 0) is 50.4 Å². The maximum Gasteiger partial charge on any atom is 0.303 e. The summed E-state index contributed by atoms with van der Waals surface area (Å²) in [4.78, 5) is 10.5. The van der Waals surface area contributed by atoms with Crippen molar-refractivity contribution in [3.63, 3.8) is 0 Å². The van der Waals surface area contributed by atoms with E-state index in [0.29, 0.717) is 49.6 Å². The monoisotopic (exact) mass is 366 g/mol. The predicted octanol–water partition coefficient (Wildman–Crippen LogP) is 3.55. The molecule has 0 spiro atoms. The van der Waals surface area contributed by atoms with E-state index < -0.39 is 5.97 Å². The Kier molecular flexibility index (Phi) is 7.52. The summed E-state index contributed by atoms with van der Waals surface area (Å²) in [6.07, 6.45) is 14.6. The van der Waals surface area contributed by atoms with Crippen LogP contribution in [0.2, 0.25) is 0 Å². The van der Waals surface area contributed by atoms with Gasteiger partial charge in [0.2, 0.25) is 0 Å². The number of aliphatic hydroxyl groups is 1. The SMILES string of the molecule is O=C(O)CCCOCC[C@@H]1[C@H](C=CC(O)C2CCCCC2)[C@@H]2CC[C@H]1O2. The molecule has 0 aromatic rings. The second-order valence-corrected chi connectivity index (χ2v) is 8.20. The molecule has 148 valence electrons. The molecule has 26 heavy (non-hydrogen) atoms. The Bertz CT molecular complexity index is 471. The number of ether oxygens (including phenoxy) is 2. The highest BCUT2D eigenvalue weighted by molar-refractivity contribution is 5.66. The fraction of sp³-hybridized carbons (Fsp3) is 0.857. The van der Waals surface area contributed by atoms with Gasteiger partial charge in [0.25, 0.3) is 0 Å². The molecule has 5 heteroatoms. The van der Waals surface area contributed by atoms with Gasteiger partial charge in [-0.3, -0.25) is 4.79 Å². The minimum atomic E-state index is -0.767. The molecule has 2 aliphatic heterocycles. The lowest BCUT2D eigenvalue weighted by atomic mass is 9.77. The molecule has 1 unspecified atom stereocenters. The second kappa shape index (κ2) is 9.86. The van der Waals surface area contributed by atoms with Crippen LogP contribution in [0.3, 0.4) is 0 Å². The van der Waals surface area contributed by atoms with Gasteiger partial charge in [0.15, 0.2) is 0 Å². The van der Waals surface area contributed by atoms with Crippen LogP contribution in [-0.2, 0) is 14.3 Å². The van der Waals surface area contributed by atoms with E-state index in [9.17, 15) is 9.90 Å². The van der Waals surface area contributed by atoms with Gasteiger partial charge < -0.3 is 19.7 Å². The van der Waals surface area contributed by atoms with Gasteiger partial charge >= 0.3 is 5.97 Å². The lowest BCUT2D eigenvalue weighted by molar-refractivity contribution is -0.137.